The van der Waals surface area contributed by atoms with Crippen molar-refractivity contribution in [2.24, 2.45) is 0 Å². The van der Waals surface area contributed by atoms with E-state index in [1.807, 2.05) is 0 Å². The molecule has 1 rings (SSSR count). The van der Waals surface area contributed by atoms with Crippen LogP contribution >= 0.6 is 51.2 Å². The monoisotopic (exact) mass is 421 g/mol. The van der Waals surface area contributed by atoms with E-state index < -0.39 is 18.4 Å². The standard InChI is InChI=1S/C12H12BrClF3NOS2/c1-2-8(4-3-7(6-19)12(15,16)17)18-21-11-9(13)5-10(14)20-11/h2-4,10,18-19H,1,5-6H2/b7-3+,8-4+. The van der Waals surface area contributed by atoms with Crippen molar-refractivity contribution >= 4 is 51.2 Å². The largest absolute Gasteiger partial charge is 0.414 e. The zero-order valence-corrected chi connectivity index (χ0v) is 14.6. The van der Waals surface area contributed by atoms with Crippen LogP contribution in [-0.2, 0) is 0 Å². The van der Waals surface area contributed by atoms with Crippen molar-refractivity contribution in [1.29, 1.82) is 0 Å². The second kappa shape index (κ2) is 8.57. The molecule has 9 heteroatoms. The van der Waals surface area contributed by atoms with E-state index in [2.05, 4.69) is 27.2 Å². The smallest absolute Gasteiger partial charge is 0.392 e. The Balaban J connectivity index is 2.71. The fourth-order valence-corrected chi connectivity index (χ4v) is 4.94. The number of aliphatic hydroxyl groups excluding tert-OH is 1. The molecule has 0 bridgehead atoms. The molecule has 0 aromatic carbocycles. The first-order valence-corrected chi connectivity index (χ1v) is 8.54. The highest BCUT2D eigenvalue weighted by atomic mass is 79.9. The highest BCUT2D eigenvalue weighted by Gasteiger charge is 2.32. The first kappa shape index (κ1) is 19.0. The van der Waals surface area contributed by atoms with E-state index in [9.17, 15) is 13.2 Å². The van der Waals surface area contributed by atoms with E-state index in [1.54, 1.807) is 0 Å². The Labute approximate surface area is 142 Å². The summed E-state index contributed by atoms with van der Waals surface area (Å²) in [5, 5.41) is 8.71. The summed E-state index contributed by atoms with van der Waals surface area (Å²) in [4.78, 5) is 0. The Morgan fingerprint density at radius 3 is 2.67 bits per heavy atom. The van der Waals surface area contributed by atoms with Gasteiger partial charge in [-0.25, -0.2) is 0 Å². The van der Waals surface area contributed by atoms with Crippen LogP contribution in [-0.4, -0.2) is 22.6 Å². The summed E-state index contributed by atoms with van der Waals surface area (Å²) in [6.07, 6.45) is -0.429. The Morgan fingerprint density at radius 2 is 2.24 bits per heavy atom. The minimum absolute atomic E-state index is 0.0500. The Bertz CT molecular complexity index is 491. The van der Waals surface area contributed by atoms with E-state index in [1.165, 1.54) is 35.9 Å². The van der Waals surface area contributed by atoms with Crippen molar-refractivity contribution in [2.45, 2.75) is 17.3 Å². The number of aliphatic hydroxyl groups is 1. The number of hydrogen-bond acceptors (Lipinski definition) is 4. The van der Waals surface area contributed by atoms with Gasteiger partial charge < -0.3 is 9.83 Å². The van der Waals surface area contributed by atoms with Gasteiger partial charge in [0.1, 0.15) is 0 Å². The molecule has 1 unspecified atom stereocenters. The molecule has 1 heterocycles. The highest BCUT2D eigenvalue weighted by molar-refractivity contribution is 9.12. The number of halogens is 5. The summed E-state index contributed by atoms with van der Waals surface area (Å²) >= 11 is 12.1. The van der Waals surface area contributed by atoms with Crippen LogP contribution in [0.15, 0.2) is 44.8 Å². The zero-order valence-electron chi connectivity index (χ0n) is 10.6. The van der Waals surface area contributed by atoms with Crippen molar-refractivity contribution in [3.8, 4) is 0 Å². The summed E-state index contributed by atoms with van der Waals surface area (Å²) in [6, 6.07) is 0. The fraction of sp³-hybridized carbons (Fsp3) is 0.333. The van der Waals surface area contributed by atoms with Gasteiger partial charge in [0.05, 0.1) is 21.1 Å². The molecule has 0 amide bonds. The van der Waals surface area contributed by atoms with Gasteiger partial charge in [-0.3, -0.25) is 0 Å². The molecule has 2 N–H and O–H groups in total. The summed E-state index contributed by atoms with van der Waals surface area (Å²) in [6.45, 7) is 2.46. The molecule has 0 aromatic rings. The second-order valence-corrected chi connectivity index (χ2v) is 7.83. The normalized spacial score (nSPS) is 21.0. The number of hydrogen-bond donors (Lipinski definition) is 2. The molecule has 0 aliphatic carbocycles. The molecule has 21 heavy (non-hydrogen) atoms. The van der Waals surface area contributed by atoms with Gasteiger partial charge in [0.25, 0.3) is 0 Å². The Morgan fingerprint density at radius 1 is 1.57 bits per heavy atom. The predicted octanol–water partition coefficient (Wildman–Crippen LogP) is 5.04. The molecule has 1 aliphatic heterocycles. The summed E-state index contributed by atoms with van der Waals surface area (Å²) in [5.41, 5.74) is -0.633. The summed E-state index contributed by atoms with van der Waals surface area (Å²) in [7, 11) is 0. The van der Waals surface area contributed by atoms with Gasteiger partial charge in [0.2, 0.25) is 0 Å². The fourth-order valence-electron chi connectivity index (χ4n) is 1.20. The summed E-state index contributed by atoms with van der Waals surface area (Å²) in [5.74, 6) is 0. The molecule has 0 fully saturated rings. The van der Waals surface area contributed by atoms with Crippen LogP contribution < -0.4 is 4.72 Å². The maximum absolute atomic E-state index is 12.5. The molecule has 2 nitrogen and oxygen atoms in total. The van der Waals surface area contributed by atoms with E-state index in [0.29, 0.717) is 12.1 Å². The molecule has 0 aromatic heterocycles. The predicted molar refractivity (Wildman–Crippen MR) is 88.0 cm³/mol. The zero-order chi connectivity index (χ0) is 16.0. The van der Waals surface area contributed by atoms with E-state index in [4.69, 9.17) is 16.7 Å². The van der Waals surface area contributed by atoms with Gasteiger partial charge in [-0.2, -0.15) is 13.2 Å². The van der Waals surface area contributed by atoms with Gasteiger partial charge in [0.15, 0.2) is 0 Å². The summed E-state index contributed by atoms with van der Waals surface area (Å²) < 4.78 is 42.1. The minimum atomic E-state index is -4.55. The number of allylic oxidation sites excluding steroid dienone is 4. The number of alkyl halides is 4. The van der Waals surface area contributed by atoms with Crippen LogP contribution in [0.3, 0.4) is 0 Å². The minimum Gasteiger partial charge on any atom is -0.392 e. The third-order valence-corrected chi connectivity index (χ3v) is 6.13. The van der Waals surface area contributed by atoms with Gasteiger partial charge in [-0.05, 0) is 30.2 Å². The molecule has 1 atom stereocenters. The van der Waals surface area contributed by atoms with Crippen LogP contribution in [0.4, 0.5) is 13.2 Å². The van der Waals surface area contributed by atoms with E-state index in [-0.39, 0.29) is 4.71 Å². The molecular formula is C12H12BrClF3NOS2. The lowest BCUT2D eigenvalue weighted by Crippen LogP contribution is -2.14. The van der Waals surface area contributed by atoms with Crippen molar-refractivity contribution in [3.63, 3.8) is 0 Å². The van der Waals surface area contributed by atoms with Crippen molar-refractivity contribution in [3.05, 3.63) is 44.8 Å². The first-order valence-electron chi connectivity index (χ1n) is 5.61. The average molecular weight is 423 g/mol. The lowest BCUT2D eigenvalue weighted by Gasteiger charge is -2.09. The topological polar surface area (TPSA) is 32.3 Å². The van der Waals surface area contributed by atoms with Gasteiger partial charge in [0, 0.05) is 16.6 Å². The Hall–Kier alpha value is -0.0200. The van der Waals surface area contributed by atoms with Crippen LogP contribution in [0.1, 0.15) is 6.42 Å². The Kier molecular flexibility index (Phi) is 7.77. The first-order chi connectivity index (χ1) is 9.77. The SMILES string of the molecule is C=C/C(=C\C=C(/CO)C(F)(F)F)NSC1=C(Br)CC(Cl)S1. The van der Waals surface area contributed by atoms with E-state index >= 15 is 0 Å². The average Bonchev–Trinajstić information content (AvgIpc) is 2.70. The molecule has 0 radical (unpaired) electrons. The molecule has 1 aliphatic rings. The van der Waals surface area contributed by atoms with E-state index in [0.717, 1.165) is 14.8 Å². The van der Waals surface area contributed by atoms with Crippen molar-refractivity contribution in [2.75, 3.05) is 6.61 Å². The van der Waals surface area contributed by atoms with Crippen LogP contribution in [0.2, 0.25) is 0 Å². The molecule has 0 saturated heterocycles. The highest BCUT2D eigenvalue weighted by Crippen LogP contribution is 2.47. The molecular weight excluding hydrogens is 411 g/mol. The van der Waals surface area contributed by atoms with Crippen molar-refractivity contribution < 1.29 is 18.3 Å². The third-order valence-electron chi connectivity index (χ3n) is 2.28. The number of nitrogens with one attached hydrogen (secondary N) is 1. The van der Waals surface area contributed by atoms with Gasteiger partial charge in [-0.15, -0.1) is 11.6 Å². The second-order valence-electron chi connectivity index (χ2n) is 3.80. The molecule has 118 valence electrons. The third kappa shape index (κ3) is 6.32. The van der Waals surface area contributed by atoms with Gasteiger partial charge >= 0.3 is 6.18 Å². The van der Waals surface area contributed by atoms with Crippen LogP contribution in [0.25, 0.3) is 0 Å². The molecule has 0 saturated carbocycles. The van der Waals surface area contributed by atoms with Crippen LogP contribution in [0.5, 0.6) is 0 Å². The quantitative estimate of drug-likeness (QED) is 0.357. The lowest BCUT2D eigenvalue weighted by molar-refractivity contribution is -0.0975. The number of rotatable bonds is 6. The lowest BCUT2D eigenvalue weighted by atomic mass is 10.2. The van der Waals surface area contributed by atoms with Crippen LogP contribution in [0, 0.1) is 0 Å². The van der Waals surface area contributed by atoms with Gasteiger partial charge in [-0.1, -0.05) is 34.3 Å². The number of thioether (sulfide) groups is 1. The maximum atomic E-state index is 12.5. The molecule has 0 spiro atoms. The maximum Gasteiger partial charge on any atom is 0.414 e. The van der Waals surface area contributed by atoms with Crippen molar-refractivity contribution in [1.82, 2.24) is 4.72 Å².